The number of halogens is 1. The molecule has 2 aromatic heterocycles. The van der Waals surface area contributed by atoms with Crippen LogP contribution in [0.3, 0.4) is 0 Å². The van der Waals surface area contributed by atoms with Gasteiger partial charge in [-0.1, -0.05) is 54.1 Å². The second kappa shape index (κ2) is 7.51. The van der Waals surface area contributed by atoms with Gasteiger partial charge in [0.15, 0.2) is 0 Å². The zero-order valence-corrected chi connectivity index (χ0v) is 16.3. The molecule has 0 fully saturated rings. The fourth-order valence-corrected chi connectivity index (χ4v) is 3.94. The van der Waals surface area contributed by atoms with E-state index in [1.165, 1.54) is 0 Å². The van der Waals surface area contributed by atoms with E-state index in [2.05, 4.69) is 5.32 Å². The second-order valence-corrected chi connectivity index (χ2v) is 7.71. The van der Waals surface area contributed by atoms with Crippen LogP contribution in [0.5, 0.6) is 0 Å². The van der Waals surface area contributed by atoms with Crippen LogP contribution in [0.1, 0.15) is 20.8 Å². The minimum absolute atomic E-state index is 0.132. The number of amides is 1. The van der Waals surface area contributed by atoms with Crippen molar-refractivity contribution in [2.75, 3.05) is 0 Å². The standard InChI is InChI=1S/C22H17ClN2OS/c1-14-6-2-3-8-16(14)20-12-18(17-9-4-10-19(23)21(17)25-20)22(26)24-13-15-7-5-11-27-15/h2-12H,13H2,1H3,(H,24,26). The zero-order chi connectivity index (χ0) is 18.8. The Balaban J connectivity index is 1.81. The maximum absolute atomic E-state index is 13.0. The highest BCUT2D eigenvalue weighted by Gasteiger charge is 2.16. The van der Waals surface area contributed by atoms with Gasteiger partial charge in [-0.25, -0.2) is 4.98 Å². The molecular formula is C22H17ClN2OS. The topological polar surface area (TPSA) is 42.0 Å². The molecule has 0 aliphatic rings. The molecule has 1 N–H and O–H groups in total. The molecule has 0 spiro atoms. The maximum atomic E-state index is 13.0. The predicted octanol–water partition coefficient (Wildman–Crippen LogP) is 5.86. The van der Waals surface area contributed by atoms with Gasteiger partial charge in [-0.2, -0.15) is 0 Å². The number of rotatable bonds is 4. The SMILES string of the molecule is Cc1ccccc1-c1cc(C(=O)NCc2cccs2)c2cccc(Cl)c2n1. The number of aryl methyl sites for hydroxylation is 1. The number of hydrogen-bond acceptors (Lipinski definition) is 3. The molecule has 27 heavy (non-hydrogen) atoms. The summed E-state index contributed by atoms with van der Waals surface area (Å²) in [5.74, 6) is -0.132. The first-order chi connectivity index (χ1) is 13.1. The van der Waals surface area contributed by atoms with E-state index in [-0.39, 0.29) is 5.91 Å². The molecule has 4 rings (SSSR count). The zero-order valence-electron chi connectivity index (χ0n) is 14.7. The highest BCUT2D eigenvalue weighted by Crippen LogP contribution is 2.30. The molecule has 3 nitrogen and oxygen atoms in total. The summed E-state index contributed by atoms with van der Waals surface area (Å²) in [5.41, 5.74) is 4.06. The maximum Gasteiger partial charge on any atom is 0.252 e. The van der Waals surface area contributed by atoms with E-state index in [0.29, 0.717) is 22.6 Å². The van der Waals surface area contributed by atoms with Gasteiger partial charge in [0.1, 0.15) is 0 Å². The van der Waals surface area contributed by atoms with Crippen LogP contribution in [-0.4, -0.2) is 10.9 Å². The van der Waals surface area contributed by atoms with E-state index in [1.54, 1.807) is 17.4 Å². The quantitative estimate of drug-likeness (QED) is 0.473. The van der Waals surface area contributed by atoms with Crippen molar-refractivity contribution in [2.45, 2.75) is 13.5 Å². The molecule has 0 aliphatic carbocycles. The number of benzene rings is 2. The van der Waals surface area contributed by atoms with Gasteiger partial charge in [0.2, 0.25) is 0 Å². The summed E-state index contributed by atoms with van der Waals surface area (Å²) < 4.78 is 0. The van der Waals surface area contributed by atoms with Crippen molar-refractivity contribution in [3.8, 4) is 11.3 Å². The average Bonchev–Trinajstić information content (AvgIpc) is 3.20. The molecule has 2 heterocycles. The molecule has 0 aliphatic heterocycles. The van der Waals surface area contributed by atoms with Crippen molar-refractivity contribution in [3.63, 3.8) is 0 Å². The number of nitrogens with zero attached hydrogens (tertiary/aromatic N) is 1. The highest BCUT2D eigenvalue weighted by molar-refractivity contribution is 7.09. The van der Waals surface area contributed by atoms with Gasteiger partial charge in [0.25, 0.3) is 5.91 Å². The van der Waals surface area contributed by atoms with E-state index < -0.39 is 0 Å². The van der Waals surface area contributed by atoms with Crippen molar-refractivity contribution in [1.82, 2.24) is 10.3 Å². The fourth-order valence-electron chi connectivity index (χ4n) is 3.08. The van der Waals surface area contributed by atoms with Gasteiger partial charge in [0, 0.05) is 15.8 Å². The van der Waals surface area contributed by atoms with Gasteiger partial charge in [-0.3, -0.25) is 4.79 Å². The molecule has 0 radical (unpaired) electrons. The molecule has 5 heteroatoms. The lowest BCUT2D eigenvalue weighted by Crippen LogP contribution is -2.22. The minimum Gasteiger partial charge on any atom is -0.347 e. The van der Waals surface area contributed by atoms with Gasteiger partial charge in [-0.15, -0.1) is 11.3 Å². The molecule has 0 saturated heterocycles. The van der Waals surface area contributed by atoms with Crippen LogP contribution in [-0.2, 0) is 6.54 Å². The van der Waals surface area contributed by atoms with Crippen LogP contribution in [0.15, 0.2) is 66.0 Å². The Kier molecular flexibility index (Phi) is 4.92. The van der Waals surface area contributed by atoms with Gasteiger partial charge >= 0.3 is 0 Å². The predicted molar refractivity (Wildman–Crippen MR) is 112 cm³/mol. The van der Waals surface area contributed by atoms with Gasteiger partial charge in [0.05, 0.1) is 28.3 Å². The Morgan fingerprint density at radius 2 is 1.96 bits per heavy atom. The number of hydrogen-bond donors (Lipinski definition) is 1. The van der Waals surface area contributed by atoms with E-state index in [1.807, 2.05) is 66.9 Å². The molecule has 1 amide bonds. The van der Waals surface area contributed by atoms with Crippen LogP contribution in [0.2, 0.25) is 5.02 Å². The molecule has 0 saturated carbocycles. The molecule has 0 unspecified atom stereocenters. The summed E-state index contributed by atoms with van der Waals surface area (Å²) in [5, 5.41) is 6.30. The Morgan fingerprint density at radius 1 is 1.11 bits per heavy atom. The minimum atomic E-state index is -0.132. The number of thiophene rings is 1. The number of fused-ring (bicyclic) bond motifs is 1. The Bertz CT molecular complexity index is 1120. The van der Waals surface area contributed by atoms with Gasteiger partial charge < -0.3 is 5.32 Å². The lowest BCUT2D eigenvalue weighted by molar-refractivity contribution is 0.0953. The summed E-state index contributed by atoms with van der Waals surface area (Å²) in [7, 11) is 0. The van der Waals surface area contributed by atoms with E-state index >= 15 is 0 Å². The van der Waals surface area contributed by atoms with E-state index in [0.717, 1.165) is 27.1 Å². The van der Waals surface area contributed by atoms with Gasteiger partial charge in [-0.05, 0) is 36.1 Å². The van der Waals surface area contributed by atoms with Crippen molar-refractivity contribution >= 4 is 39.7 Å². The van der Waals surface area contributed by atoms with Crippen LogP contribution < -0.4 is 5.32 Å². The average molecular weight is 393 g/mol. The van der Waals surface area contributed by atoms with Crippen molar-refractivity contribution in [3.05, 3.63) is 87.1 Å². The third-order valence-corrected chi connectivity index (χ3v) is 5.64. The van der Waals surface area contributed by atoms with Crippen LogP contribution in [0.4, 0.5) is 0 Å². The Morgan fingerprint density at radius 3 is 2.74 bits per heavy atom. The Labute approximate surface area is 166 Å². The normalized spacial score (nSPS) is 10.9. The highest BCUT2D eigenvalue weighted by atomic mass is 35.5. The molecule has 4 aromatic rings. The van der Waals surface area contributed by atoms with Crippen molar-refractivity contribution < 1.29 is 4.79 Å². The Hall–Kier alpha value is -2.69. The van der Waals surface area contributed by atoms with Crippen molar-refractivity contribution in [1.29, 1.82) is 0 Å². The molecule has 0 bridgehead atoms. The number of para-hydroxylation sites is 1. The third-order valence-electron chi connectivity index (χ3n) is 4.46. The first-order valence-corrected chi connectivity index (χ1v) is 9.85. The molecule has 2 aromatic carbocycles. The summed E-state index contributed by atoms with van der Waals surface area (Å²) >= 11 is 8.02. The molecular weight excluding hydrogens is 376 g/mol. The summed E-state index contributed by atoms with van der Waals surface area (Å²) in [6.07, 6.45) is 0. The number of nitrogens with one attached hydrogen (secondary N) is 1. The summed E-state index contributed by atoms with van der Waals surface area (Å²) in [6.45, 7) is 2.53. The second-order valence-electron chi connectivity index (χ2n) is 6.27. The van der Waals surface area contributed by atoms with E-state index in [9.17, 15) is 4.79 Å². The monoisotopic (exact) mass is 392 g/mol. The smallest absolute Gasteiger partial charge is 0.252 e. The fraction of sp³-hybridized carbons (Fsp3) is 0.0909. The first kappa shape index (κ1) is 17.7. The number of pyridine rings is 1. The first-order valence-electron chi connectivity index (χ1n) is 8.59. The lowest BCUT2D eigenvalue weighted by atomic mass is 10.0. The summed E-state index contributed by atoms with van der Waals surface area (Å²) in [6, 6.07) is 19.4. The third kappa shape index (κ3) is 3.59. The molecule has 0 atom stereocenters. The molecule has 134 valence electrons. The van der Waals surface area contributed by atoms with Crippen LogP contribution >= 0.6 is 22.9 Å². The number of carbonyl (C=O) groups is 1. The largest absolute Gasteiger partial charge is 0.347 e. The number of carbonyl (C=O) groups excluding carboxylic acids is 1. The summed E-state index contributed by atoms with van der Waals surface area (Å²) in [4.78, 5) is 18.8. The van der Waals surface area contributed by atoms with Crippen LogP contribution in [0.25, 0.3) is 22.2 Å². The van der Waals surface area contributed by atoms with Crippen molar-refractivity contribution in [2.24, 2.45) is 0 Å². The number of aromatic nitrogens is 1. The van der Waals surface area contributed by atoms with Crippen LogP contribution in [0, 0.1) is 6.92 Å². The van der Waals surface area contributed by atoms with E-state index in [4.69, 9.17) is 16.6 Å². The lowest BCUT2D eigenvalue weighted by Gasteiger charge is -2.12.